The Bertz CT molecular complexity index is 686. The number of ether oxygens (including phenoxy) is 1. The zero-order valence-corrected chi connectivity index (χ0v) is 12.2. The van der Waals surface area contributed by atoms with Crippen molar-refractivity contribution in [2.45, 2.75) is 13.3 Å². The van der Waals surface area contributed by atoms with Crippen molar-refractivity contribution in [1.82, 2.24) is 4.98 Å². The minimum Gasteiger partial charge on any atom is -0.493 e. The van der Waals surface area contributed by atoms with Gasteiger partial charge in [0.1, 0.15) is 5.75 Å². The molecule has 0 aliphatic rings. The number of hydrogen-bond acceptors (Lipinski definition) is 4. The molecule has 0 unspecified atom stereocenters. The van der Waals surface area contributed by atoms with Crippen molar-refractivity contribution in [3.05, 3.63) is 53.9 Å². The van der Waals surface area contributed by atoms with Crippen molar-refractivity contribution in [3.8, 4) is 5.75 Å². The number of para-hydroxylation sites is 1. The third-order valence-electron chi connectivity index (χ3n) is 2.93. The van der Waals surface area contributed by atoms with Crippen LogP contribution in [-0.2, 0) is 0 Å². The molecule has 0 spiro atoms. The zero-order valence-electron chi connectivity index (χ0n) is 12.2. The fourth-order valence-electron chi connectivity index (χ4n) is 1.89. The lowest BCUT2D eigenvalue weighted by Crippen LogP contribution is -2.19. The molecule has 2 rings (SSSR count). The Balaban J connectivity index is 2.25. The van der Waals surface area contributed by atoms with Crippen LogP contribution in [0.5, 0.6) is 5.75 Å². The number of carbonyl (C=O) groups is 2. The molecule has 1 aromatic heterocycles. The molecular weight excluding hydrogens is 282 g/mol. The van der Waals surface area contributed by atoms with Gasteiger partial charge in [0.2, 0.25) is 0 Å². The number of amides is 2. The van der Waals surface area contributed by atoms with Gasteiger partial charge in [0.15, 0.2) is 0 Å². The van der Waals surface area contributed by atoms with Crippen LogP contribution < -0.4 is 15.8 Å². The average Bonchev–Trinajstić information content (AvgIpc) is 2.53. The first kappa shape index (κ1) is 15.5. The van der Waals surface area contributed by atoms with E-state index < -0.39 is 5.91 Å². The molecule has 114 valence electrons. The molecule has 3 N–H and O–H groups in total. The maximum Gasteiger partial charge on any atom is 0.259 e. The van der Waals surface area contributed by atoms with Crippen molar-refractivity contribution in [1.29, 1.82) is 0 Å². The maximum absolute atomic E-state index is 12.4. The summed E-state index contributed by atoms with van der Waals surface area (Å²) in [5, 5.41) is 2.64. The van der Waals surface area contributed by atoms with Gasteiger partial charge in [0.25, 0.3) is 11.8 Å². The Morgan fingerprint density at radius 2 is 2.00 bits per heavy atom. The number of primary amides is 1. The average molecular weight is 299 g/mol. The summed E-state index contributed by atoms with van der Waals surface area (Å²) in [5.74, 6) is -0.526. The van der Waals surface area contributed by atoms with Crippen LogP contribution in [0.2, 0.25) is 0 Å². The molecule has 0 aliphatic heterocycles. The minimum absolute atomic E-state index is 0.204. The van der Waals surface area contributed by atoms with E-state index in [1.807, 2.05) is 6.92 Å². The third kappa shape index (κ3) is 3.60. The highest BCUT2D eigenvalue weighted by Crippen LogP contribution is 2.21. The number of carbonyl (C=O) groups excluding carboxylic acids is 2. The van der Waals surface area contributed by atoms with E-state index in [1.165, 1.54) is 18.5 Å². The van der Waals surface area contributed by atoms with E-state index in [1.54, 1.807) is 24.3 Å². The van der Waals surface area contributed by atoms with Gasteiger partial charge in [-0.3, -0.25) is 14.6 Å². The van der Waals surface area contributed by atoms with Gasteiger partial charge in [-0.05, 0) is 24.6 Å². The maximum atomic E-state index is 12.4. The topological polar surface area (TPSA) is 94.3 Å². The van der Waals surface area contributed by atoms with Gasteiger partial charge in [-0.1, -0.05) is 19.1 Å². The molecule has 2 amide bonds. The Kier molecular flexibility index (Phi) is 5.08. The number of nitrogens with zero attached hydrogens (tertiary/aromatic N) is 1. The Labute approximate surface area is 128 Å². The van der Waals surface area contributed by atoms with Crippen molar-refractivity contribution in [2.75, 3.05) is 11.9 Å². The summed E-state index contributed by atoms with van der Waals surface area (Å²) in [4.78, 5) is 27.7. The van der Waals surface area contributed by atoms with Crippen LogP contribution >= 0.6 is 0 Å². The standard InChI is InChI=1S/C16H17N3O3/c1-2-9-22-14-6-4-3-5-12(14)16(21)19-13-10-18-8-7-11(13)15(17)20/h3-8,10H,2,9H2,1H3,(H2,17,20)(H,19,21). The first-order chi connectivity index (χ1) is 10.6. The lowest BCUT2D eigenvalue weighted by molar-refractivity contribution is 0.100. The summed E-state index contributed by atoms with van der Waals surface area (Å²) in [6.45, 7) is 2.50. The Morgan fingerprint density at radius 3 is 2.73 bits per heavy atom. The van der Waals surface area contributed by atoms with Gasteiger partial charge < -0.3 is 15.8 Å². The molecule has 0 saturated heterocycles. The number of benzene rings is 1. The summed E-state index contributed by atoms with van der Waals surface area (Å²) >= 11 is 0. The number of rotatable bonds is 6. The summed E-state index contributed by atoms with van der Waals surface area (Å²) < 4.78 is 5.55. The van der Waals surface area contributed by atoms with E-state index in [0.717, 1.165) is 6.42 Å². The van der Waals surface area contributed by atoms with Crippen LogP contribution in [0, 0.1) is 0 Å². The molecule has 0 fully saturated rings. The number of hydrogen-bond donors (Lipinski definition) is 2. The zero-order chi connectivity index (χ0) is 15.9. The number of anilines is 1. The van der Waals surface area contributed by atoms with Gasteiger partial charge in [0.05, 0.1) is 29.6 Å². The predicted octanol–water partition coefficient (Wildman–Crippen LogP) is 2.22. The van der Waals surface area contributed by atoms with Crippen molar-refractivity contribution in [2.24, 2.45) is 5.73 Å². The highest BCUT2D eigenvalue weighted by molar-refractivity contribution is 6.09. The molecular formula is C16H17N3O3. The number of nitrogens with two attached hydrogens (primary N) is 1. The molecule has 2 aromatic rings. The molecule has 1 heterocycles. The van der Waals surface area contributed by atoms with Crippen LogP contribution in [0.4, 0.5) is 5.69 Å². The van der Waals surface area contributed by atoms with Gasteiger partial charge in [-0.25, -0.2) is 0 Å². The lowest BCUT2D eigenvalue weighted by Gasteiger charge is -2.12. The van der Waals surface area contributed by atoms with Crippen LogP contribution in [0.25, 0.3) is 0 Å². The number of aromatic nitrogens is 1. The van der Waals surface area contributed by atoms with Crippen molar-refractivity contribution < 1.29 is 14.3 Å². The Morgan fingerprint density at radius 1 is 1.23 bits per heavy atom. The molecule has 0 aliphatic carbocycles. The predicted molar refractivity (Wildman–Crippen MR) is 82.9 cm³/mol. The van der Waals surface area contributed by atoms with E-state index in [-0.39, 0.29) is 17.2 Å². The fourth-order valence-corrected chi connectivity index (χ4v) is 1.89. The normalized spacial score (nSPS) is 10.0. The van der Waals surface area contributed by atoms with E-state index in [4.69, 9.17) is 10.5 Å². The highest BCUT2D eigenvalue weighted by atomic mass is 16.5. The molecule has 0 atom stereocenters. The van der Waals surface area contributed by atoms with Crippen LogP contribution in [-0.4, -0.2) is 23.4 Å². The smallest absolute Gasteiger partial charge is 0.259 e. The highest BCUT2D eigenvalue weighted by Gasteiger charge is 2.15. The van der Waals surface area contributed by atoms with E-state index in [2.05, 4.69) is 10.3 Å². The lowest BCUT2D eigenvalue weighted by atomic mass is 10.1. The summed E-state index contributed by atoms with van der Waals surface area (Å²) in [5.41, 5.74) is 6.14. The summed E-state index contributed by atoms with van der Waals surface area (Å²) in [6, 6.07) is 8.37. The van der Waals surface area contributed by atoms with Gasteiger partial charge >= 0.3 is 0 Å². The van der Waals surface area contributed by atoms with Gasteiger partial charge in [-0.15, -0.1) is 0 Å². The second kappa shape index (κ2) is 7.21. The first-order valence-electron chi connectivity index (χ1n) is 6.90. The molecule has 0 saturated carbocycles. The SMILES string of the molecule is CCCOc1ccccc1C(=O)Nc1cnccc1C(N)=O. The second-order valence-electron chi connectivity index (χ2n) is 4.58. The molecule has 0 bridgehead atoms. The largest absolute Gasteiger partial charge is 0.493 e. The number of pyridine rings is 1. The second-order valence-corrected chi connectivity index (χ2v) is 4.58. The van der Waals surface area contributed by atoms with Gasteiger partial charge in [-0.2, -0.15) is 0 Å². The summed E-state index contributed by atoms with van der Waals surface area (Å²) in [7, 11) is 0. The quantitative estimate of drug-likeness (QED) is 0.855. The van der Waals surface area contributed by atoms with Crippen LogP contribution in [0.3, 0.4) is 0 Å². The van der Waals surface area contributed by atoms with Gasteiger partial charge in [0, 0.05) is 6.20 Å². The summed E-state index contributed by atoms with van der Waals surface area (Å²) in [6.07, 6.45) is 3.66. The van der Waals surface area contributed by atoms with Crippen molar-refractivity contribution in [3.63, 3.8) is 0 Å². The van der Waals surface area contributed by atoms with E-state index >= 15 is 0 Å². The molecule has 6 heteroatoms. The van der Waals surface area contributed by atoms with Crippen LogP contribution in [0.15, 0.2) is 42.7 Å². The first-order valence-corrected chi connectivity index (χ1v) is 6.90. The molecule has 1 aromatic carbocycles. The Hall–Kier alpha value is -2.89. The van der Waals surface area contributed by atoms with E-state index in [9.17, 15) is 9.59 Å². The number of nitrogens with one attached hydrogen (secondary N) is 1. The monoisotopic (exact) mass is 299 g/mol. The minimum atomic E-state index is -0.631. The molecule has 22 heavy (non-hydrogen) atoms. The molecule has 0 radical (unpaired) electrons. The fraction of sp³-hybridized carbons (Fsp3) is 0.188. The molecule has 6 nitrogen and oxygen atoms in total. The third-order valence-corrected chi connectivity index (χ3v) is 2.93. The van der Waals surface area contributed by atoms with Crippen LogP contribution in [0.1, 0.15) is 34.1 Å². The van der Waals surface area contributed by atoms with E-state index in [0.29, 0.717) is 17.9 Å². The van der Waals surface area contributed by atoms with Crippen molar-refractivity contribution >= 4 is 17.5 Å².